The van der Waals surface area contributed by atoms with Gasteiger partial charge in [-0.15, -0.1) is 0 Å². The number of aliphatic hydroxyl groups excluding tert-OH is 1. The Labute approximate surface area is 201 Å². The number of hydrogen-bond donors (Lipinski definition) is 1. The van der Waals surface area contributed by atoms with Crippen molar-refractivity contribution in [1.82, 2.24) is 4.90 Å². The van der Waals surface area contributed by atoms with Crippen LogP contribution in [0.15, 0.2) is 36.4 Å². The topological polar surface area (TPSA) is 80.7 Å². The number of aliphatic hydroxyl groups is 1. The maximum Gasteiger partial charge on any atom is 0.191 e. The molecule has 2 aromatic carbocycles. The Morgan fingerprint density at radius 3 is 2.59 bits per heavy atom. The van der Waals surface area contributed by atoms with Crippen molar-refractivity contribution in [2.45, 2.75) is 32.7 Å². The Bertz CT molecular complexity index is 989. The molecule has 0 aliphatic carbocycles. The summed E-state index contributed by atoms with van der Waals surface area (Å²) in [6.07, 6.45) is -1.15. The van der Waals surface area contributed by atoms with Crippen molar-refractivity contribution in [3.05, 3.63) is 47.5 Å². The smallest absolute Gasteiger partial charge is 0.191 e. The highest BCUT2D eigenvalue weighted by Gasteiger charge is 2.29. The van der Waals surface area contributed by atoms with Gasteiger partial charge in [0.1, 0.15) is 24.6 Å². The average molecular weight is 471 g/mol. The lowest BCUT2D eigenvalue weighted by Crippen LogP contribution is -2.49. The second kappa shape index (κ2) is 11.1. The van der Waals surface area contributed by atoms with E-state index in [9.17, 15) is 9.90 Å². The van der Waals surface area contributed by atoms with E-state index in [0.29, 0.717) is 35.8 Å². The van der Waals surface area contributed by atoms with Gasteiger partial charge in [-0.3, -0.25) is 9.69 Å². The molecule has 34 heavy (non-hydrogen) atoms. The molecule has 2 aromatic rings. The second-order valence-corrected chi connectivity index (χ2v) is 8.59. The first-order chi connectivity index (χ1) is 16.5. The van der Waals surface area contributed by atoms with Crippen molar-refractivity contribution < 1.29 is 28.8 Å². The minimum atomic E-state index is -0.679. The Morgan fingerprint density at radius 1 is 1.09 bits per heavy atom. The summed E-state index contributed by atoms with van der Waals surface area (Å²) in [5.41, 5.74) is 2.38. The summed E-state index contributed by atoms with van der Waals surface area (Å²) in [4.78, 5) is 17.0. The van der Waals surface area contributed by atoms with Crippen LogP contribution in [0.25, 0.3) is 0 Å². The van der Waals surface area contributed by atoms with Gasteiger partial charge in [-0.05, 0) is 38.1 Å². The van der Waals surface area contributed by atoms with Crippen molar-refractivity contribution in [1.29, 1.82) is 0 Å². The Kier molecular flexibility index (Phi) is 7.92. The number of piperazine rings is 1. The fourth-order valence-electron chi connectivity index (χ4n) is 4.50. The second-order valence-electron chi connectivity index (χ2n) is 8.59. The van der Waals surface area contributed by atoms with Gasteiger partial charge >= 0.3 is 0 Å². The Morgan fingerprint density at radius 2 is 1.85 bits per heavy atom. The molecule has 8 heteroatoms. The van der Waals surface area contributed by atoms with Crippen molar-refractivity contribution in [3.63, 3.8) is 0 Å². The van der Waals surface area contributed by atoms with Crippen molar-refractivity contribution >= 4 is 11.5 Å². The zero-order chi connectivity index (χ0) is 24.1. The molecule has 1 saturated heterocycles. The summed E-state index contributed by atoms with van der Waals surface area (Å²) in [6.45, 7) is 8.64. The standard InChI is InChI=1S/C26H34N2O6/c1-4-32-23-8-6-5-7-22(23)28-13-11-27(12-14-28)15-19(29)16-34-26-21-17-33-18(2)25(30)20(21)9-10-24(26)31-3/h5-10,18-19,29H,4,11-17H2,1-3H3. The van der Waals surface area contributed by atoms with Crippen LogP contribution in [0.5, 0.6) is 17.2 Å². The van der Waals surface area contributed by atoms with Gasteiger partial charge < -0.3 is 29.0 Å². The summed E-state index contributed by atoms with van der Waals surface area (Å²) in [5.74, 6) is 1.83. The maximum absolute atomic E-state index is 12.5. The van der Waals surface area contributed by atoms with E-state index >= 15 is 0 Å². The summed E-state index contributed by atoms with van der Waals surface area (Å²) in [7, 11) is 1.56. The van der Waals surface area contributed by atoms with Gasteiger partial charge in [0.15, 0.2) is 17.3 Å². The van der Waals surface area contributed by atoms with Crippen LogP contribution in [0, 0.1) is 0 Å². The van der Waals surface area contributed by atoms with Gasteiger partial charge in [-0.2, -0.15) is 0 Å². The van der Waals surface area contributed by atoms with E-state index in [1.54, 1.807) is 26.2 Å². The summed E-state index contributed by atoms with van der Waals surface area (Å²) in [5, 5.41) is 10.7. The quantitative estimate of drug-likeness (QED) is 0.599. The predicted octanol–water partition coefficient (Wildman–Crippen LogP) is 2.76. The number of β-amino-alcohol motifs (C(OH)–C–C–N with tert-alkyl or cyclic N) is 1. The molecule has 2 aliphatic heterocycles. The molecule has 8 nitrogen and oxygen atoms in total. The van der Waals surface area contributed by atoms with Gasteiger partial charge in [0, 0.05) is 43.9 Å². The fourth-order valence-corrected chi connectivity index (χ4v) is 4.50. The van der Waals surface area contributed by atoms with Crippen LogP contribution in [0.3, 0.4) is 0 Å². The molecule has 2 atom stereocenters. The first kappa shape index (κ1) is 24.3. The lowest BCUT2D eigenvalue weighted by molar-refractivity contribution is 0.0308. The Hall–Kier alpha value is -2.81. The molecule has 0 radical (unpaired) electrons. The monoisotopic (exact) mass is 470 g/mol. The number of ether oxygens (including phenoxy) is 4. The number of carbonyl (C=O) groups excluding carboxylic acids is 1. The third-order valence-corrected chi connectivity index (χ3v) is 6.32. The van der Waals surface area contributed by atoms with E-state index < -0.39 is 12.2 Å². The van der Waals surface area contributed by atoms with Crippen LogP contribution < -0.4 is 19.1 Å². The molecule has 2 aliphatic rings. The molecule has 1 fully saturated rings. The molecule has 4 rings (SSSR count). The molecule has 2 heterocycles. The number of para-hydroxylation sites is 2. The zero-order valence-corrected chi connectivity index (χ0v) is 20.2. The van der Waals surface area contributed by atoms with Gasteiger partial charge in [-0.1, -0.05) is 12.1 Å². The number of ketones is 1. The first-order valence-corrected chi connectivity index (χ1v) is 11.9. The van der Waals surface area contributed by atoms with Crippen LogP contribution in [-0.2, 0) is 11.3 Å². The highest BCUT2D eigenvalue weighted by atomic mass is 16.5. The third kappa shape index (κ3) is 5.29. The largest absolute Gasteiger partial charge is 0.493 e. The highest BCUT2D eigenvalue weighted by Crippen LogP contribution is 2.37. The maximum atomic E-state index is 12.5. The number of Topliss-reactive ketones (excluding diaryl/α,β-unsaturated/α-hetero) is 1. The van der Waals surface area contributed by atoms with E-state index in [1.807, 2.05) is 25.1 Å². The van der Waals surface area contributed by atoms with E-state index in [2.05, 4.69) is 15.9 Å². The minimum absolute atomic E-state index is 0.0712. The SMILES string of the molecule is CCOc1ccccc1N1CCN(CC(O)COc2c(OC)ccc3c2COC(C)C3=O)CC1. The minimum Gasteiger partial charge on any atom is -0.493 e. The van der Waals surface area contributed by atoms with Crippen molar-refractivity contribution in [2.24, 2.45) is 0 Å². The molecule has 1 N–H and O–H groups in total. The van der Waals surface area contributed by atoms with E-state index in [1.165, 1.54) is 0 Å². The third-order valence-electron chi connectivity index (χ3n) is 6.32. The number of benzene rings is 2. The molecule has 0 bridgehead atoms. The summed E-state index contributed by atoms with van der Waals surface area (Å²) < 4.78 is 22.8. The van der Waals surface area contributed by atoms with Crippen molar-refractivity contribution in [2.75, 3.05) is 57.9 Å². The lowest BCUT2D eigenvalue weighted by Gasteiger charge is -2.37. The van der Waals surface area contributed by atoms with E-state index in [0.717, 1.165) is 37.6 Å². The van der Waals surface area contributed by atoms with Gasteiger partial charge in [0.25, 0.3) is 0 Å². The zero-order valence-electron chi connectivity index (χ0n) is 20.2. The summed E-state index contributed by atoms with van der Waals surface area (Å²) >= 11 is 0. The van der Waals surface area contributed by atoms with Gasteiger partial charge in [-0.25, -0.2) is 0 Å². The predicted molar refractivity (Wildman–Crippen MR) is 129 cm³/mol. The number of methoxy groups -OCH3 is 1. The van der Waals surface area contributed by atoms with E-state index in [4.69, 9.17) is 18.9 Å². The number of carbonyl (C=O) groups is 1. The number of rotatable bonds is 9. The molecule has 184 valence electrons. The molecular formula is C26H34N2O6. The van der Waals surface area contributed by atoms with E-state index in [-0.39, 0.29) is 19.0 Å². The molecule has 2 unspecified atom stereocenters. The van der Waals surface area contributed by atoms with Crippen LogP contribution in [-0.4, -0.2) is 81.0 Å². The van der Waals surface area contributed by atoms with Crippen LogP contribution in [0.4, 0.5) is 5.69 Å². The van der Waals surface area contributed by atoms with Gasteiger partial charge in [0.05, 0.1) is 26.0 Å². The molecule has 0 spiro atoms. The van der Waals surface area contributed by atoms with Crippen LogP contribution in [0.2, 0.25) is 0 Å². The van der Waals surface area contributed by atoms with Crippen LogP contribution >= 0.6 is 0 Å². The van der Waals surface area contributed by atoms with Crippen LogP contribution in [0.1, 0.15) is 29.8 Å². The number of nitrogens with zero attached hydrogens (tertiary/aromatic N) is 2. The molecule has 0 saturated carbocycles. The lowest BCUT2D eigenvalue weighted by atomic mass is 9.97. The summed E-state index contributed by atoms with van der Waals surface area (Å²) in [6, 6.07) is 11.6. The highest BCUT2D eigenvalue weighted by molar-refractivity contribution is 6.02. The molecule has 0 aromatic heterocycles. The normalized spacial score (nSPS) is 19.5. The fraction of sp³-hybridized carbons (Fsp3) is 0.500. The average Bonchev–Trinajstić information content (AvgIpc) is 2.86. The molecule has 0 amide bonds. The molecular weight excluding hydrogens is 436 g/mol. The first-order valence-electron chi connectivity index (χ1n) is 11.9. The number of hydrogen-bond acceptors (Lipinski definition) is 8. The van der Waals surface area contributed by atoms with Gasteiger partial charge in [0.2, 0.25) is 0 Å². The number of anilines is 1. The Balaban J connectivity index is 1.33. The van der Waals surface area contributed by atoms with Crippen molar-refractivity contribution in [3.8, 4) is 17.2 Å². The number of fused-ring (bicyclic) bond motifs is 1.